The van der Waals surface area contributed by atoms with Gasteiger partial charge < -0.3 is 4.57 Å². The first-order chi connectivity index (χ1) is 9.93. The summed E-state index contributed by atoms with van der Waals surface area (Å²) in [5, 5.41) is 0. The standard InChI is InChI=1S/C18H22N2/c1-2-6-14(7-3-1)10-11-17-15-8-4-5-9-16(15)18-12-19-13-20(17)18/h4-5,8-9,12-14,17H,1-3,6-7,10-11H2. The van der Waals surface area contributed by atoms with Crippen LogP contribution in [0, 0.1) is 5.92 Å². The van der Waals surface area contributed by atoms with Crippen molar-refractivity contribution in [3.63, 3.8) is 0 Å². The molecule has 0 saturated heterocycles. The van der Waals surface area contributed by atoms with Crippen molar-refractivity contribution in [1.82, 2.24) is 9.55 Å². The Labute approximate surface area is 120 Å². The van der Waals surface area contributed by atoms with Crippen molar-refractivity contribution >= 4 is 0 Å². The fourth-order valence-corrected chi connectivity index (χ4v) is 4.10. The molecule has 2 nitrogen and oxygen atoms in total. The number of nitrogens with zero attached hydrogens (tertiary/aromatic N) is 2. The van der Waals surface area contributed by atoms with E-state index >= 15 is 0 Å². The predicted octanol–water partition coefficient (Wildman–Crippen LogP) is 4.81. The van der Waals surface area contributed by atoms with E-state index in [1.807, 2.05) is 12.5 Å². The molecule has 1 unspecified atom stereocenters. The Hall–Kier alpha value is -1.57. The molecular weight excluding hydrogens is 244 g/mol. The molecule has 2 heteroatoms. The lowest BCUT2D eigenvalue weighted by Gasteiger charge is -2.23. The van der Waals surface area contributed by atoms with Crippen molar-refractivity contribution < 1.29 is 0 Å². The lowest BCUT2D eigenvalue weighted by atomic mass is 9.84. The van der Waals surface area contributed by atoms with Gasteiger partial charge in [0.05, 0.1) is 24.3 Å². The first kappa shape index (κ1) is 12.2. The summed E-state index contributed by atoms with van der Waals surface area (Å²) in [4.78, 5) is 4.35. The molecule has 1 saturated carbocycles. The fourth-order valence-electron chi connectivity index (χ4n) is 4.10. The zero-order valence-electron chi connectivity index (χ0n) is 12.0. The van der Waals surface area contributed by atoms with Gasteiger partial charge in [0.25, 0.3) is 0 Å². The highest BCUT2D eigenvalue weighted by atomic mass is 15.1. The van der Waals surface area contributed by atoms with Crippen LogP contribution in [0.5, 0.6) is 0 Å². The van der Waals surface area contributed by atoms with E-state index in [0.29, 0.717) is 6.04 Å². The molecule has 1 aliphatic carbocycles. The third kappa shape index (κ3) is 1.98. The molecule has 4 rings (SSSR count). The third-order valence-corrected chi connectivity index (χ3v) is 5.17. The van der Waals surface area contributed by atoms with Crippen LogP contribution in [0.2, 0.25) is 0 Å². The molecule has 2 heterocycles. The summed E-state index contributed by atoms with van der Waals surface area (Å²) in [6.45, 7) is 0. The van der Waals surface area contributed by atoms with E-state index in [1.165, 1.54) is 61.8 Å². The van der Waals surface area contributed by atoms with Crippen LogP contribution in [-0.2, 0) is 0 Å². The van der Waals surface area contributed by atoms with E-state index in [4.69, 9.17) is 0 Å². The van der Waals surface area contributed by atoms with Crippen molar-refractivity contribution in [2.75, 3.05) is 0 Å². The number of hydrogen-bond donors (Lipinski definition) is 0. The van der Waals surface area contributed by atoms with Gasteiger partial charge in [0.15, 0.2) is 0 Å². The number of imidazole rings is 1. The Morgan fingerprint density at radius 1 is 1.05 bits per heavy atom. The summed E-state index contributed by atoms with van der Waals surface area (Å²) in [6.07, 6.45) is 13.9. The molecule has 104 valence electrons. The zero-order valence-corrected chi connectivity index (χ0v) is 12.0. The molecule has 1 fully saturated rings. The Kier molecular flexibility index (Phi) is 3.10. The molecule has 0 bridgehead atoms. The smallest absolute Gasteiger partial charge is 0.0956 e. The van der Waals surface area contributed by atoms with E-state index < -0.39 is 0 Å². The molecule has 1 aromatic heterocycles. The maximum absolute atomic E-state index is 4.35. The average Bonchev–Trinajstić information content (AvgIpc) is 3.07. The number of fused-ring (bicyclic) bond motifs is 3. The van der Waals surface area contributed by atoms with Crippen LogP contribution in [0.25, 0.3) is 11.3 Å². The van der Waals surface area contributed by atoms with Crippen molar-refractivity contribution in [2.24, 2.45) is 5.92 Å². The lowest BCUT2D eigenvalue weighted by Crippen LogP contribution is -2.11. The van der Waals surface area contributed by atoms with Crippen molar-refractivity contribution in [2.45, 2.75) is 51.0 Å². The Bertz CT molecular complexity index is 593. The maximum atomic E-state index is 4.35. The van der Waals surface area contributed by atoms with Crippen LogP contribution in [0.3, 0.4) is 0 Å². The highest BCUT2D eigenvalue weighted by Crippen LogP contribution is 2.42. The summed E-state index contributed by atoms with van der Waals surface area (Å²) in [7, 11) is 0. The second-order valence-corrected chi connectivity index (χ2v) is 6.37. The van der Waals surface area contributed by atoms with Gasteiger partial charge in [-0.2, -0.15) is 0 Å². The summed E-state index contributed by atoms with van der Waals surface area (Å²) in [6, 6.07) is 9.37. The highest BCUT2D eigenvalue weighted by Gasteiger charge is 2.28. The summed E-state index contributed by atoms with van der Waals surface area (Å²) in [5.74, 6) is 0.962. The van der Waals surface area contributed by atoms with Crippen LogP contribution in [0.4, 0.5) is 0 Å². The number of hydrogen-bond acceptors (Lipinski definition) is 1. The van der Waals surface area contributed by atoms with Gasteiger partial charge in [0.2, 0.25) is 0 Å². The van der Waals surface area contributed by atoms with Gasteiger partial charge >= 0.3 is 0 Å². The molecule has 1 aliphatic heterocycles. The molecule has 1 aromatic carbocycles. The lowest BCUT2D eigenvalue weighted by molar-refractivity contribution is 0.318. The van der Waals surface area contributed by atoms with E-state index in [2.05, 4.69) is 33.8 Å². The third-order valence-electron chi connectivity index (χ3n) is 5.17. The molecule has 0 amide bonds. The molecule has 2 aliphatic rings. The molecular formula is C18H22N2. The van der Waals surface area contributed by atoms with Gasteiger partial charge in [-0.3, -0.25) is 0 Å². The van der Waals surface area contributed by atoms with Gasteiger partial charge in [0.1, 0.15) is 0 Å². The highest BCUT2D eigenvalue weighted by molar-refractivity contribution is 5.68. The normalized spacial score (nSPS) is 21.7. The Balaban J connectivity index is 1.56. The van der Waals surface area contributed by atoms with Crippen molar-refractivity contribution in [3.8, 4) is 11.3 Å². The van der Waals surface area contributed by atoms with Crippen molar-refractivity contribution in [1.29, 1.82) is 0 Å². The average molecular weight is 266 g/mol. The van der Waals surface area contributed by atoms with Crippen LogP contribution in [0.1, 0.15) is 56.6 Å². The largest absolute Gasteiger partial charge is 0.323 e. The number of benzene rings is 1. The minimum Gasteiger partial charge on any atom is -0.323 e. The van der Waals surface area contributed by atoms with Crippen LogP contribution < -0.4 is 0 Å². The number of rotatable bonds is 3. The molecule has 1 atom stereocenters. The van der Waals surface area contributed by atoms with Gasteiger partial charge in [-0.1, -0.05) is 56.4 Å². The van der Waals surface area contributed by atoms with Gasteiger partial charge in [-0.25, -0.2) is 4.98 Å². The van der Waals surface area contributed by atoms with E-state index in [9.17, 15) is 0 Å². The minimum absolute atomic E-state index is 0.519. The minimum atomic E-state index is 0.519. The SMILES string of the molecule is c1ccc2c(c1)-c1cncn1C2CCC1CCCCC1. The van der Waals surface area contributed by atoms with Gasteiger partial charge in [0, 0.05) is 5.56 Å². The monoisotopic (exact) mass is 266 g/mol. The topological polar surface area (TPSA) is 17.8 Å². The van der Waals surface area contributed by atoms with E-state index in [1.54, 1.807) is 0 Å². The van der Waals surface area contributed by atoms with Crippen LogP contribution >= 0.6 is 0 Å². The molecule has 2 aromatic rings. The molecule has 0 spiro atoms. The Morgan fingerprint density at radius 2 is 1.90 bits per heavy atom. The quantitative estimate of drug-likeness (QED) is 0.779. The second kappa shape index (κ2) is 5.08. The molecule has 20 heavy (non-hydrogen) atoms. The van der Waals surface area contributed by atoms with E-state index in [-0.39, 0.29) is 0 Å². The second-order valence-electron chi connectivity index (χ2n) is 6.37. The predicted molar refractivity (Wildman–Crippen MR) is 81.6 cm³/mol. The van der Waals surface area contributed by atoms with Gasteiger partial charge in [-0.15, -0.1) is 0 Å². The Morgan fingerprint density at radius 3 is 2.80 bits per heavy atom. The van der Waals surface area contributed by atoms with Crippen LogP contribution in [0.15, 0.2) is 36.8 Å². The summed E-state index contributed by atoms with van der Waals surface area (Å²) >= 11 is 0. The first-order valence-electron chi connectivity index (χ1n) is 8.04. The number of aromatic nitrogens is 2. The van der Waals surface area contributed by atoms with Crippen molar-refractivity contribution in [3.05, 3.63) is 42.4 Å². The maximum Gasteiger partial charge on any atom is 0.0956 e. The van der Waals surface area contributed by atoms with Crippen LogP contribution in [-0.4, -0.2) is 9.55 Å². The van der Waals surface area contributed by atoms with E-state index in [0.717, 1.165) is 5.92 Å². The first-order valence-corrected chi connectivity index (χ1v) is 8.04. The molecule has 0 N–H and O–H groups in total. The molecule has 0 radical (unpaired) electrons. The fraction of sp³-hybridized carbons (Fsp3) is 0.500. The summed E-state index contributed by atoms with van der Waals surface area (Å²) in [5.41, 5.74) is 4.19. The summed E-state index contributed by atoms with van der Waals surface area (Å²) < 4.78 is 2.38. The van der Waals surface area contributed by atoms with Gasteiger partial charge in [-0.05, 0) is 24.3 Å². The zero-order chi connectivity index (χ0) is 13.4.